The maximum absolute atomic E-state index is 12.6. The molecule has 2 aromatic rings. The Morgan fingerprint density at radius 1 is 1.11 bits per heavy atom. The topological polar surface area (TPSA) is 102 Å². The van der Waals surface area contributed by atoms with Gasteiger partial charge < -0.3 is 25.8 Å². The number of rotatable bonds is 4. The summed E-state index contributed by atoms with van der Waals surface area (Å²) in [5.41, 5.74) is 2.16. The first-order valence-electron chi connectivity index (χ1n) is 9.25. The molecule has 2 aromatic heterocycles. The Morgan fingerprint density at radius 3 is 2.61 bits per heavy atom. The Kier molecular flexibility index (Phi) is 5.20. The Balaban J connectivity index is 1.49. The molecule has 8 heteroatoms. The number of anilines is 1. The van der Waals surface area contributed by atoms with Gasteiger partial charge in [0.15, 0.2) is 0 Å². The number of nitrogens with one attached hydrogen (secondary N) is 4. The SMILES string of the molecule is O=C(Nc1cc(-c2ccncc2)c[nH]c1=O)C1=CC=C(N2CCNCC2)NC1. The highest BCUT2D eigenvalue weighted by atomic mass is 16.2. The maximum Gasteiger partial charge on any atom is 0.271 e. The molecular formula is C20H22N6O2. The van der Waals surface area contributed by atoms with Crippen LogP contribution in [0.4, 0.5) is 5.69 Å². The number of piperazine rings is 1. The third kappa shape index (κ3) is 3.96. The largest absolute Gasteiger partial charge is 0.367 e. The number of aromatic nitrogens is 2. The Hall–Kier alpha value is -3.39. The van der Waals surface area contributed by atoms with Crippen LogP contribution < -0.4 is 21.5 Å². The molecule has 1 fully saturated rings. The van der Waals surface area contributed by atoms with Crippen molar-refractivity contribution in [2.45, 2.75) is 0 Å². The average molecular weight is 378 g/mol. The van der Waals surface area contributed by atoms with Gasteiger partial charge in [0, 0.05) is 62.5 Å². The van der Waals surface area contributed by atoms with E-state index in [4.69, 9.17) is 0 Å². The fourth-order valence-electron chi connectivity index (χ4n) is 3.25. The van der Waals surface area contributed by atoms with Crippen LogP contribution in [0.3, 0.4) is 0 Å². The predicted molar refractivity (Wildman–Crippen MR) is 108 cm³/mol. The summed E-state index contributed by atoms with van der Waals surface area (Å²) >= 11 is 0. The van der Waals surface area contributed by atoms with Crippen molar-refractivity contribution in [3.63, 3.8) is 0 Å². The van der Waals surface area contributed by atoms with E-state index in [0.717, 1.165) is 43.1 Å². The van der Waals surface area contributed by atoms with Crippen LogP contribution in [0.25, 0.3) is 11.1 Å². The molecule has 0 unspecified atom stereocenters. The Morgan fingerprint density at radius 2 is 1.89 bits per heavy atom. The fourth-order valence-corrected chi connectivity index (χ4v) is 3.25. The lowest BCUT2D eigenvalue weighted by molar-refractivity contribution is -0.112. The molecule has 0 radical (unpaired) electrons. The minimum Gasteiger partial charge on any atom is -0.367 e. The molecule has 4 rings (SSSR count). The molecule has 0 bridgehead atoms. The number of dihydropyridines is 1. The molecule has 0 spiro atoms. The number of nitrogens with zero attached hydrogens (tertiary/aromatic N) is 2. The molecule has 2 aliphatic rings. The quantitative estimate of drug-likeness (QED) is 0.623. The molecule has 1 saturated heterocycles. The van der Waals surface area contributed by atoms with E-state index in [2.05, 4.69) is 30.8 Å². The molecule has 0 aromatic carbocycles. The van der Waals surface area contributed by atoms with Crippen molar-refractivity contribution in [2.24, 2.45) is 0 Å². The average Bonchev–Trinajstić information content (AvgIpc) is 2.76. The smallest absolute Gasteiger partial charge is 0.271 e. The zero-order valence-corrected chi connectivity index (χ0v) is 15.4. The molecule has 2 aliphatic heterocycles. The van der Waals surface area contributed by atoms with Crippen LogP contribution in [0, 0.1) is 0 Å². The van der Waals surface area contributed by atoms with E-state index in [0.29, 0.717) is 12.1 Å². The highest BCUT2D eigenvalue weighted by Crippen LogP contribution is 2.19. The van der Waals surface area contributed by atoms with Gasteiger partial charge in [0.25, 0.3) is 11.5 Å². The molecule has 4 N–H and O–H groups in total. The van der Waals surface area contributed by atoms with Crippen molar-refractivity contribution < 1.29 is 4.79 Å². The number of hydrogen-bond acceptors (Lipinski definition) is 6. The first-order chi connectivity index (χ1) is 13.7. The van der Waals surface area contributed by atoms with Crippen LogP contribution in [0.5, 0.6) is 0 Å². The van der Waals surface area contributed by atoms with Gasteiger partial charge in [-0.1, -0.05) is 0 Å². The number of pyridine rings is 2. The number of hydrogen-bond donors (Lipinski definition) is 4. The minimum atomic E-state index is -0.340. The van der Waals surface area contributed by atoms with E-state index in [1.807, 2.05) is 24.3 Å². The van der Waals surface area contributed by atoms with E-state index in [9.17, 15) is 9.59 Å². The number of allylic oxidation sites excluding steroid dienone is 2. The molecule has 144 valence electrons. The highest BCUT2D eigenvalue weighted by molar-refractivity contribution is 6.04. The van der Waals surface area contributed by atoms with E-state index in [1.165, 1.54) is 0 Å². The van der Waals surface area contributed by atoms with Gasteiger partial charge in [-0.05, 0) is 35.9 Å². The van der Waals surface area contributed by atoms with Crippen LogP contribution >= 0.6 is 0 Å². The van der Waals surface area contributed by atoms with Crippen molar-refractivity contribution in [1.29, 1.82) is 0 Å². The van der Waals surface area contributed by atoms with Crippen molar-refractivity contribution in [3.8, 4) is 11.1 Å². The molecular weight excluding hydrogens is 356 g/mol. The molecule has 8 nitrogen and oxygen atoms in total. The fraction of sp³-hybridized carbons (Fsp3) is 0.250. The lowest BCUT2D eigenvalue weighted by Crippen LogP contribution is -2.46. The number of H-pyrrole nitrogens is 1. The lowest BCUT2D eigenvalue weighted by Gasteiger charge is -2.33. The van der Waals surface area contributed by atoms with Gasteiger partial charge >= 0.3 is 0 Å². The van der Waals surface area contributed by atoms with Crippen LogP contribution in [-0.4, -0.2) is 53.5 Å². The molecule has 0 aliphatic carbocycles. The van der Waals surface area contributed by atoms with E-state index in [1.54, 1.807) is 24.7 Å². The van der Waals surface area contributed by atoms with Gasteiger partial charge in [0.1, 0.15) is 11.5 Å². The zero-order valence-electron chi connectivity index (χ0n) is 15.4. The monoisotopic (exact) mass is 378 g/mol. The Labute approximate surface area is 162 Å². The third-order valence-corrected chi connectivity index (χ3v) is 4.82. The van der Waals surface area contributed by atoms with Gasteiger partial charge in [-0.15, -0.1) is 0 Å². The van der Waals surface area contributed by atoms with Crippen LogP contribution in [0.15, 0.2) is 65.1 Å². The highest BCUT2D eigenvalue weighted by Gasteiger charge is 2.18. The van der Waals surface area contributed by atoms with E-state index < -0.39 is 0 Å². The number of amides is 1. The van der Waals surface area contributed by atoms with Crippen LogP contribution in [0.1, 0.15) is 0 Å². The molecule has 0 atom stereocenters. The molecule has 28 heavy (non-hydrogen) atoms. The summed E-state index contributed by atoms with van der Waals surface area (Å²) in [4.78, 5) is 33.7. The van der Waals surface area contributed by atoms with Gasteiger partial charge in [0.2, 0.25) is 0 Å². The molecule has 4 heterocycles. The van der Waals surface area contributed by atoms with Crippen molar-refractivity contribution in [2.75, 3.05) is 38.0 Å². The van der Waals surface area contributed by atoms with Crippen LogP contribution in [-0.2, 0) is 4.79 Å². The summed E-state index contributed by atoms with van der Waals surface area (Å²) in [6, 6.07) is 5.36. The summed E-state index contributed by atoms with van der Waals surface area (Å²) in [5.74, 6) is 0.732. The normalized spacial score (nSPS) is 16.6. The first-order valence-corrected chi connectivity index (χ1v) is 9.25. The van der Waals surface area contributed by atoms with E-state index in [-0.39, 0.29) is 17.2 Å². The summed E-state index contributed by atoms with van der Waals surface area (Å²) in [6.07, 6.45) is 8.71. The molecule has 0 saturated carbocycles. The van der Waals surface area contributed by atoms with Crippen molar-refractivity contribution in [3.05, 3.63) is 70.7 Å². The number of carbonyl (C=O) groups excluding carboxylic acids is 1. The second kappa shape index (κ2) is 8.10. The van der Waals surface area contributed by atoms with Gasteiger partial charge in [-0.25, -0.2) is 0 Å². The summed E-state index contributed by atoms with van der Waals surface area (Å²) in [5, 5.41) is 9.34. The van der Waals surface area contributed by atoms with Crippen molar-refractivity contribution in [1.82, 2.24) is 25.5 Å². The van der Waals surface area contributed by atoms with Gasteiger partial charge in [-0.2, -0.15) is 0 Å². The Bertz CT molecular complexity index is 974. The zero-order chi connectivity index (χ0) is 19.3. The number of aromatic amines is 1. The lowest BCUT2D eigenvalue weighted by atomic mass is 10.1. The predicted octanol–water partition coefficient (Wildman–Crippen LogP) is 0.652. The maximum atomic E-state index is 12.6. The van der Waals surface area contributed by atoms with E-state index >= 15 is 0 Å². The molecule has 1 amide bonds. The second-order valence-electron chi connectivity index (χ2n) is 6.66. The van der Waals surface area contributed by atoms with Gasteiger partial charge in [-0.3, -0.25) is 14.6 Å². The summed E-state index contributed by atoms with van der Waals surface area (Å²) < 4.78 is 0. The third-order valence-electron chi connectivity index (χ3n) is 4.82. The van der Waals surface area contributed by atoms with Crippen LogP contribution in [0.2, 0.25) is 0 Å². The van der Waals surface area contributed by atoms with Crippen molar-refractivity contribution >= 4 is 11.6 Å². The summed E-state index contributed by atoms with van der Waals surface area (Å²) in [6.45, 7) is 4.19. The standard InChI is InChI=1S/C20H22N6O2/c27-19(15-1-2-18(23-12-15)26-9-7-22-8-10-26)25-17-11-16(13-24-20(17)28)14-3-5-21-6-4-14/h1-6,11,13,22-23H,7-10,12H2,(H,24,28)(H,25,27). The second-order valence-corrected chi connectivity index (χ2v) is 6.66. The first kappa shape index (κ1) is 18.0. The number of carbonyl (C=O) groups is 1. The minimum absolute atomic E-state index is 0.220. The van der Waals surface area contributed by atoms with Gasteiger partial charge in [0.05, 0.1) is 0 Å². The summed E-state index contributed by atoms with van der Waals surface area (Å²) in [7, 11) is 0.